The van der Waals surface area contributed by atoms with Crippen LogP contribution in [-0.4, -0.2) is 66.9 Å². The highest BCUT2D eigenvalue weighted by Crippen LogP contribution is 2.46. The van der Waals surface area contributed by atoms with E-state index in [4.69, 9.17) is 39.5 Å². The van der Waals surface area contributed by atoms with Crippen LogP contribution in [0.25, 0.3) is 0 Å². The van der Waals surface area contributed by atoms with Gasteiger partial charge in [0.25, 0.3) is 15.9 Å². The van der Waals surface area contributed by atoms with E-state index in [0.29, 0.717) is 32.1 Å². The Hall–Kier alpha value is -2.76. The van der Waals surface area contributed by atoms with E-state index in [9.17, 15) is 27.6 Å². The molecule has 1 saturated heterocycles. The van der Waals surface area contributed by atoms with Gasteiger partial charge in [0.2, 0.25) is 11.8 Å². The Labute approximate surface area is 278 Å². The first-order valence-corrected chi connectivity index (χ1v) is 17.4. The minimum atomic E-state index is -4.58. The van der Waals surface area contributed by atoms with E-state index in [1.54, 1.807) is 32.9 Å². The molecule has 4 amide bonds. The molecule has 0 radical (unpaired) electrons. The van der Waals surface area contributed by atoms with Gasteiger partial charge in [0.1, 0.15) is 28.1 Å². The van der Waals surface area contributed by atoms with Gasteiger partial charge < -0.3 is 20.3 Å². The number of hydrogen-bond acceptors (Lipinski definition) is 7. The molecule has 15 heteroatoms. The molecule has 11 nitrogen and oxygen atoms in total. The van der Waals surface area contributed by atoms with Crippen molar-refractivity contribution in [3.63, 3.8) is 0 Å². The van der Waals surface area contributed by atoms with Gasteiger partial charge in [-0.15, -0.1) is 5.73 Å². The monoisotopic (exact) mass is 702 g/mol. The number of sulfonamides is 1. The molecule has 0 spiro atoms. The molecule has 0 aromatic heterocycles. The van der Waals surface area contributed by atoms with Gasteiger partial charge in [0, 0.05) is 17.5 Å². The summed E-state index contributed by atoms with van der Waals surface area (Å²) in [6.45, 7) is 5.43. The van der Waals surface area contributed by atoms with E-state index < -0.39 is 67.9 Å². The fraction of sp³-hybridized carbons (Fsp3) is 0.567. The third-order valence-electron chi connectivity index (χ3n) is 7.81. The van der Waals surface area contributed by atoms with Gasteiger partial charge in [-0.25, -0.2) is 17.9 Å². The standard InChI is InChI=1S/C30H37Cl3N4O7S/c1-29(2,3)44-28(41)34-22-12-9-7-5-4-6-8-11-18-17-30(18,35-25(38)23-13-10-14-37(23)26(22)39)27(40)36-45(42,43)24-20(32)15-19(31)16-21(24)33/h6,11,15-16,18,22-23H,4-5,7,9-10,12-14,17H2,1-3H3,(H,34,41)(H,35,38)(H,36,40)/t8?,18-,22+,23+,30-/m1/s1. The third-order valence-corrected chi connectivity index (χ3v) is 10.3. The zero-order chi connectivity index (χ0) is 33.2. The number of carbonyl (C=O) groups excluding carboxylic acids is 4. The number of fused-ring (bicyclic) bond motifs is 2. The number of amides is 4. The maximum Gasteiger partial charge on any atom is 0.408 e. The van der Waals surface area contributed by atoms with Gasteiger partial charge >= 0.3 is 6.09 Å². The van der Waals surface area contributed by atoms with Gasteiger partial charge in [-0.1, -0.05) is 47.6 Å². The molecule has 1 aromatic rings. The number of nitrogens with zero attached hydrogens (tertiary/aromatic N) is 1. The second-order valence-corrected chi connectivity index (χ2v) is 15.3. The van der Waals surface area contributed by atoms with Crippen LogP contribution in [0.5, 0.6) is 0 Å². The summed E-state index contributed by atoms with van der Waals surface area (Å²) in [5, 5.41) is 4.98. The third kappa shape index (κ3) is 8.54. The molecule has 1 aromatic carbocycles. The summed E-state index contributed by atoms with van der Waals surface area (Å²) < 4.78 is 33.9. The fourth-order valence-electron chi connectivity index (χ4n) is 5.55. The molecular formula is C30H37Cl3N4O7S. The molecule has 4 atom stereocenters. The first-order chi connectivity index (χ1) is 21.0. The smallest absolute Gasteiger partial charge is 0.408 e. The maximum absolute atomic E-state index is 13.8. The van der Waals surface area contributed by atoms with Crippen LogP contribution in [0.2, 0.25) is 15.1 Å². The van der Waals surface area contributed by atoms with Crippen LogP contribution in [0.1, 0.15) is 72.1 Å². The topological polar surface area (TPSA) is 151 Å². The molecule has 3 N–H and O–H groups in total. The Morgan fingerprint density at radius 3 is 2.42 bits per heavy atom. The van der Waals surface area contributed by atoms with Crippen molar-refractivity contribution in [2.24, 2.45) is 5.92 Å². The van der Waals surface area contributed by atoms with Crippen molar-refractivity contribution in [2.45, 2.75) is 100 Å². The van der Waals surface area contributed by atoms with Gasteiger partial charge in [-0.3, -0.25) is 14.4 Å². The number of carbonyl (C=O) groups is 4. The molecule has 2 heterocycles. The SMILES string of the molecule is CC(C)(C)OC(=O)N[C@H]1CCCCCC=C=C[C@@H]2C[C@@]2(C(=O)NS(=O)(=O)c2c(Cl)cc(Cl)cc2Cl)NC(=O)[C@@H]2CCCN2C1=O. The summed E-state index contributed by atoms with van der Waals surface area (Å²) >= 11 is 18.2. The van der Waals surface area contributed by atoms with Crippen molar-refractivity contribution >= 4 is 68.6 Å². The van der Waals surface area contributed by atoms with Crippen molar-refractivity contribution in [3.05, 3.63) is 45.1 Å². The van der Waals surface area contributed by atoms with Gasteiger partial charge in [-0.2, -0.15) is 0 Å². The number of ether oxygens (including phenoxy) is 1. The lowest BCUT2D eigenvalue weighted by molar-refractivity contribution is -0.141. The Bertz CT molecular complexity index is 1510. The summed E-state index contributed by atoms with van der Waals surface area (Å²) in [5.41, 5.74) is 0.661. The van der Waals surface area contributed by atoms with Crippen LogP contribution < -0.4 is 15.4 Å². The predicted molar refractivity (Wildman–Crippen MR) is 169 cm³/mol. The van der Waals surface area contributed by atoms with Crippen LogP contribution in [0.4, 0.5) is 4.79 Å². The van der Waals surface area contributed by atoms with E-state index in [-0.39, 0.29) is 28.0 Å². The van der Waals surface area contributed by atoms with E-state index in [0.717, 1.165) is 12.8 Å². The minimum Gasteiger partial charge on any atom is -0.444 e. The van der Waals surface area contributed by atoms with Crippen molar-refractivity contribution < 1.29 is 32.3 Å². The Kier molecular flexibility index (Phi) is 10.9. The highest BCUT2D eigenvalue weighted by atomic mass is 35.5. The average molecular weight is 704 g/mol. The zero-order valence-electron chi connectivity index (χ0n) is 25.3. The van der Waals surface area contributed by atoms with Crippen LogP contribution in [0.3, 0.4) is 0 Å². The van der Waals surface area contributed by atoms with E-state index >= 15 is 0 Å². The quantitative estimate of drug-likeness (QED) is 0.378. The molecule has 2 aliphatic heterocycles. The van der Waals surface area contributed by atoms with Crippen LogP contribution in [0, 0.1) is 5.92 Å². The van der Waals surface area contributed by atoms with Crippen molar-refractivity contribution in [1.29, 1.82) is 0 Å². The zero-order valence-corrected chi connectivity index (χ0v) is 28.3. The second-order valence-electron chi connectivity index (χ2n) is 12.5. The van der Waals surface area contributed by atoms with E-state index in [1.807, 2.05) is 4.72 Å². The van der Waals surface area contributed by atoms with E-state index in [1.165, 1.54) is 17.0 Å². The maximum atomic E-state index is 13.8. The average Bonchev–Trinajstić information content (AvgIpc) is 3.36. The first kappa shape index (κ1) is 35.1. The lowest BCUT2D eigenvalue weighted by Gasteiger charge is -2.30. The summed E-state index contributed by atoms with van der Waals surface area (Å²) in [4.78, 5) is 54.6. The van der Waals surface area contributed by atoms with Crippen molar-refractivity contribution in [1.82, 2.24) is 20.3 Å². The summed E-state index contributed by atoms with van der Waals surface area (Å²) in [7, 11) is -4.58. The number of nitrogens with one attached hydrogen (secondary N) is 3. The van der Waals surface area contributed by atoms with Crippen molar-refractivity contribution in [2.75, 3.05) is 6.54 Å². The number of alkyl carbamates (subject to hydrolysis) is 1. The second kappa shape index (κ2) is 13.9. The Morgan fingerprint density at radius 1 is 1.07 bits per heavy atom. The molecule has 45 heavy (non-hydrogen) atoms. The predicted octanol–water partition coefficient (Wildman–Crippen LogP) is 4.89. The van der Waals surface area contributed by atoms with Gasteiger partial charge in [0.05, 0.1) is 10.0 Å². The molecule has 0 bridgehead atoms. The molecule has 246 valence electrons. The summed E-state index contributed by atoms with van der Waals surface area (Å²) in [6, 6.07) is 0.520. The minimum absolute atomic E-state index is 0.104. The van der Waals surface area contributed by atoms with Crippen LogP contribution >= 0.6 is 34.8 Å². The number of hydrogen-bond donors (Lipinski definition) is 3. The highest BCUT2D eigenvalue weighted by molar-refractivity contribution is 7.90. The Balaban J connectivity index is 1.61. The van der Waals surface area contributed by atoms with Crippen LogP contribution in [0.15, 0.2) is 34.9 Å². The molecule has 3 aliphatic rings. The summed E-state index contributed by atoms with van der Waals surface area (Å²) in [5.74, 6) is -2.59. The number of halogens is 3. The molecule has 2 fully saturated rings. The fourth-order valence-corrected chi connectivity index (χ4v) is 8.14. The van der Waals surface area contributed by atoms with Gasteiger partial charge in [-0.05, 0) is 83.6 Å². The summed E-state index contributed by atoms with van der Waals surface area (Å²) in [6.07, 6.45) is 6.93. The largest absolute Gasteiger partial charge is 0.444 e. The number of rotatable bonds is 4. The van der Waals surface area contributed by atoms with Crippen LogP contribution in [-0.2, 0) is 29.1 Å². The van der Waals surface area contributed by atoms with Gasteiger partial charge in [0.15, 0.2) is 0 Å². The normalized spacial score (nSPS) is 26.0. The molecule has 4 rings (SSSR count). The lowest BCUT2D eigenvalue weighted by atomic mass is 10.0. The number of benzene rings is 1. The molecule has 0 unspecified atom stereocenters. The molecule has 1 aliphatic carbocycles. The highest BCUT2D eigenvalue weighted by Gasteiger charge is 2.61. The lowest BCUT2D eigenvalue weighted by Crippen LogP contribution is -2.58. The van der Waals surface area contributed by atoms with E-state index in [2.05, 4.69) is 16.4 Å². The van der Waals surface area contributed by atoms with Crippen molar-refractivity contribution in [3.8, 4) is 0 Å². The Morgan fingerprint density at radius 2 is 1.76 bits per heavy atom. The molecule has 1 saturated carbocycles. The first-order valence-electron chi connectivity index (χ1n) is 14.8. The molecular weight excluding hydrogens is 667 g/mol.